The van der Waals surface area contributed by atoms with Gasteiger partial charge in [0.2, 0.25) is 10.0 Å². The summed E-state index contributed by atoms with van der Waals surface area (Å²) in [6, 6.07) is 6.70. The van der Waals surface area contributed by atoms with Gasteiger partial charge in [-0.1, -0.05) is 12.1 Å². The molecule has 0 spiro atoms. The molecule has 0 aromatic heterocycles. The van der Waals surface area contributed by atoms with Crippen molar-refractivity contribution in [3.8, 4) is 0 Å². The number of sulfonamides is 1. The largest absolute Gasteiger partial charge is 0.392 e. The number of nitrogens with one attached hydrogen (secondary N) is 1. The van der Waals surface area contributed by atoms with Crippen molar-refractivity contribution in [3.63, 3.8) is 0 Å². The van der Waals surface area contributed by atoms with E-state index in [1.54, 1.807) is 12.1 Å². The molecule has 0 saturated carbocycles. The standard InChI is InChI=1S/C14H24N2O3S/c1-12(2)16(3)10-4-9-15-20(18,19)14-7-5-13(11-17)6-8-14/h5-8,12,15,17H,4,9-11H2,1-3H3. The molecule has 0 unspecified atom stereocenters. The Labute approximate surface area is 121 Å². The highest BCUT2D eigenvalue weighted by molar-refractivity contribution is 7.89. The van der Waals surface area contributed by atoms with Crippen LogP contribution in [-0.4, -0.2) is 44.6 Å². The van der Waals surface area contributed by atoms with Crippen molar-refractivity contribution < 1.29 is 13.5 Å². The van der Waals surface area contributed by atoms with Gasteiger partial charge in [-0.3, -0.25) is 0 Å². The van der Waals surface area contributed by atoms with E-state index >= 15 is 0 Å². The van der Waals surface area contributed by atoms with E-state index in [2.05, 4.69) is 23.5 Å². The fourth-order valence-corrected chi connectivity index (χ4v) is 2.72. The van der Waals surface area contributed by atoms with E-state index in [1.807, 2.05) is 7.05 Å². The summed E-state index contributed by atoms with van der Waals surface area (Å²) < 4.78 is 26.6. The lowest BCUT2D eigenvalue weighted by Crippen LogP contribution is -2.31. The van der Waals surface area contributed by atoms with Crippen LogP contribution in [0.3, 0.4) is 0 Å². The van der Waals surface area contributed by atoms with E-state index in [0.29, 0.717) is 18.2 Å². The molecule has 0 bridgehead atoms. The average molecular weight is 300 g/mol. The van der Waals surface area contributed by atoms with Crippen molar-refractivity contribution >= 4 is 10.0 Å². The summed E-state index contributed by atoms with van der Waals surface area (Å²) in [5.41, 5.74) is 0.697. The molecule has 0 saturated heterocycles. The van der Waals surface area contributed by atoms with Crippen molar-refractivity contribution in [3.05, 3.63) is 29.8 Å². The van der Waals surface area contributed by atoms with Gasteiger partial charge in [-0.25, -0.2) is 13.1 Å². The summed E-state index contributed by atoms with van der Waals surface area (Å²) in [4.78, 5) is 2.40. The number of rotatable bonds is 8. The monoisotopic (exact) mass is 300 g/mol. The first-order chi connectivity index (χ1) is 9.36. The van der Waals surface area contributed by atoms with Crippen LogP contribution < -0.4 is 4.72 Å². The first-order valence-corrected chi connectivity index (χ1v) is 8.25. The normalized spacial score (nSPS) is 12.3. The second-order valence-corrected chi connectivity index (χ2v) is 6.89. The lowest BCUT2D eigenvalue weighted by atomic mass is 10.2. The predicted molar refractivity (Wildman–Crippen MR) is 79.9 cm³/mol. The molecule has 0 aliphatic heterocycles. The lowest BCUT2D eigenvalue weighted by Gasteiger charge is -2.20. The average Bonchev–Trinajstić information content (AvgIpc) is 2.43. The van der Waals surface area contributed by atoms with Gasteiger partial charge in [-0.15, -0.1) is 0 Å². The van der Waals surface area contributed by atoms with Crippen LogP contribution in [0, 0.1) is 0 Å². The van der Waals surface area contributed by atoms with Gasteiger partial charge in [0.1, 0.15) is 0 Å². The molecule has 6 heteroatoms. The van der Waals surface area contributed by atoms with E-state index in [-0.39, 0.29) is 11.5 Å². The SMILES string of the molecule is CC(C)N(C)CCCNS(=O)(=O)c1ccc(CO)cc1. The Morgan fingerprint density at radius 1 is 1.25 bits per heavy atom. The molecule has 1 aromatic rings. The predicted octanol–water partition coefficient (Wildman–Crippen LogP) is 1.19. The third-order valence-corrected chi connectivity index (χ3v) is 4.75. The molecular weight excluding hydrogens is 276 g/mol. The van der Waals surface area contributed by atoms with Crippen LogP contribution in [-0.2, 0) is 16.6 Å². The molecule has 0 radical (unpaired) electrons. The molecule has 5 nitrogen and oxygen atoms in total. The molecule has 2 N–H and O–H groups in total. The highest BCUT2D eigenvalue weighted by Crippen LogP contribution is 2.10. The molecular formula is C14H24N2O3S. The summed E-state index contributed by atoms with van der Waals surface area (Å²) in [6.07, 6.45) is 0.767. The van der Waals surface area contributed by atoms with E-state index in [0.717, 1.165) is 13.0 Å². The summed E-state index contributed by atoms with van der Waals surface area (Å²) in [5, 5.41) is 8.93. The second-order valence-electron chi connectivity index (χ2n) is 5.13. The maximum absolute atomic E-state index is 12.0. The van der Waals surface area contributed by atoms with Gasteiger partial charge in [-0.05, 0) is 51.6 Å². The van der Waals surface area contributed by atoms with Gasteiger partial charge in [0.25, 0.3) is 0 Å². The summed E-state index contributed by atoms with van der Waals surface area (Å²) in [5.74, 6) is 0. The Morgan fingerprint density at radius 2 is 1.85 bits per heavy atom. The van der Waals surface area contributed by atoms with Gasteiger partial charge in [0.05, 0.1) is 11.5 Å². The Morgan fingerprint density at radius 3 is 2.35 bits per heavy atom. The first kappa shape index (κ1) is 17.1. The zero-order valence-corrected chi connectivity index (χ0v) is 13.2. The summed E-state index contributed by atoms with van der Waals surface area (Å²) in [6.45, 7) is 5.39. The van der Waals surface area contributed by atoms with Crippen molar-refractivity contribution in [2.45, 2.75) is 37.8 Å². The Kier molecular flexibility index (Phi) is 6.61. The molecule has 20 heavy (non-hydrogen) atoms. The zero-order chi connectivity index (χ0) is 15.2. The fourth-order valence-electron chi connectivity index (χ4n) is 1.65. The molecule has 0 fully saturated rings. The van der Waals surface area contributed by atoms with Gasteiger partial charge < -0.3 is 10.0 Å². The van der Waals surface area contributed by atoms with Crippen molar-refractivity contribution in [2.24, 2.45) is 0 Å². The third-order valence-electron chi connectivity index (χ3n) is 3.28. The molecule has 1 rings (SSSR count). The molecule has 0 aliphatic carbocycles. The van der Waals surface area contributed by atoms with Crippen LogP contribution in [0.5, 0.6) is 0 Å². The van der Waals surface area contributed by atoms with Crippen LogP contribution >= 0.6 is 0 Å². The summed E-state index contributed by atoms with van der Waals surface area (Å²) >= 11 is 0. The first-order valence-electron chi connectivity index (χ1n) is 6.76. The van der Waals surface area contributed by atoms with E-state index in [4.69, 9.17) is 5.11 Å². The Bertz CT molecular complexity index is 498. The van der Waals surface area contributed by atoms with Crippen LogP contribution in [0.25, 0.3) is 0 Å². The number of hydrogen-bond donors (Lipinski definition) is 2. The molecule has 0 amide bonds. The molecule has 1 aromatic carbocycles. The van der Waals surface area contributed by atoms with Crippen LogP contribution in [0.1, 0.15) is 25.8 Å². The number of benzene rings is 1. The van der Waals surface area contributed by atoms with Crippen molar-refractivity contribution in [1.82, 2.24) is 9.62 Å². The zero-order valence-electron chi connectivity index (χ0n) is 12.3. The number of hydrogen-bond acceptors (Lipinski definition) is 4. The van der Waals surface area contributed by atoms with Crippen LogP contribution in [0.2, 0.25) is 0 Å². The van der Waals surface area contributed by atoms with Crippen molar-refractivity contribution in [1.29, 1.82) is 0 Å². The topological polar surface area (TPSA) is 69.6 Å². The summed E-state index contributed by atoms with van der Waals surface area (Å²) in [7, 11) is -1.43. The van der Waals surface area contributed by atoms with Gasteiger partial charge in [-0.2, -0.15) is 0 Å². The number of aliphatic hydroxyl groups excluding tert-OH is 1. The highest BCUT2D eigenvalue weighted by Gasteiger charge is 2.13. The Hall–Kier alpha value is -0.950. The molecule has 0 atom stereocenters. The minimum Gasteiger partial charge on any atom is -0.392 e. The van der Waals surface area contributed by atoms with Gasteiger partial charge >= 0.3 is 0 Å². The van der Waals surface area contributed by atoms with Crippen LogP contribution in [0.15, 0.2) is 29.2 Å². The maximum atomic E-state index is 12.0. The third kappa shape index (κ3) is 5.20. The Balaban J connectivity index is 2.49. The van der Waals surface area contributed by atoms with Gasteiger partial charge in [0, 0.05) is 12.6 Å². The van der Waals surface area contributed by atoms with Crippen molar-refractivity contribution in [2.75, 3.05) is 20.1 Å². The molecule has 0 heterocycles. The quantitative estimate of drug-likeness (QED) is 0.708. The fraction of sp³-hybridized carbons (Fsp3) is 0.571. The minimum absolute atomic E-state index is 0.0880. The van der Waals surface area contributed by atoms with E-state index < -0.39 is 10.0 Å². The highest BCUT2D eigenvalue weighted by atomic mass is 32.2. The second kappa shape index (κ2) is 7.73. The van der Waals surface area contributed by atoms with Gasteiger partial charge in [0.15, 0.2) is 0 Å². The molecule has 0 aliphatic rings. The minimum atomic E-state index is -3.45. The smallest absolute Gasteiger partial charge is 0.240 e. The van der Waals surface area contributed by atoms with E-state index in [1.165, 1.54) is 12.1 Å². The lowest BCUT2D eigenvalue weighted by molar-refractivity contribution is 0.271. The maximum Gasteiger partial charge on any atom is 0.240 e. The molecule has 114 valence electrons. The number of aliphatic hydroxyl groups is 1. The van der Waals surface area contributed by atoms with Crippen LogP contribution in [0.4, 0.5) is 0 Å². The van der Waals surface area contributed by atoms with E-state index in [9.17, 15) is 8.42 Å². The number of nitrogens with zero attached hydrogens (tertiary/aromatic N) is 1.